The van der Waals surface area contributed by atoms with E-state index in [1.807, 2.05) is 0 Å². The van der Waals surface area contributed by atoms with Crippen LogP contribution in [0, 0.1) is 0 Å². The predicted molar refractivity (Wildman–Crippen MR) is 60.2 cm³/mol. The van der Waals surface area contributed by atoms with Gasteiger partial charge >= 0.3 is 0 Å². The van der Waals surface area contributed by atoms with Crippen molar-refractivity contribution in [3.8, 4) is 5.75 Å². The molecule has 0 fully saturated rings. The minimum absolute atomic E-state index is 0.00550. The van der Waals surface area contributed by atoms with Crippen molar-refractivity contribution in [3.63, 3.8) is 0 Å². The second kappa shape index (κ2) is 4.39. The van der Waals surface area contributed by atoms with Crippen LogP contribution in [-0.2, 0) is 10.0 Å². The molecule has 84 valence electrons. The summed E-state index contributed by atoms with van der Waals surface area (Å²) in [5.74, 6) is 0.0544. The molecule has 0 aromatic heterocycles. The van der Waals surface area contributed by atoms with Crippen LogP contribution in [0.3, 0.4) is 0 Å². The molecule has 15 heavy (non-hydrogen) atoms. The molecule has 0 radical (unpaired) electrons. The van der Waals surface area contributed by atoms with Crippen LogP contribution >= 0.6 is 0 Å². The van der Waals surface area contributed by atoms with Crippen LogP contribution in [0.5, 0.6) is 5.75 Å². The number of anilines is 2. The summed E-state index contributed by atoms with van der Waals surface area (Å²) < 4.78 is 25.2. The van der Waals surface area contributed by atoms with Gasteiger partial charge in [-0.05, 0) is 18.6 Å². The van der Waals surface area contributed by atoms with Crippen LogP contribution in [0.1, 0.15) is 13.3 Å². The van der Waals surface area contributed by atoms with Gasteiger partial charge in [-0.2, -0.15) is 0 Å². The third-order valence-electron chi connectivity index (χ3n) is 1.77. The van der Waals surface area contributed by atoms with Gasteiger partial charge in [-0.1, -0.05) is 6.92 Å². The standard InChI is InChI=1S/C9H14N2O3S/c1-2-5-15(13,14)11-9-4-3-7(12)6-8(9)10/h3-4,6,11-12H,2,5,10H2,1H3. The van der Waals surface area contributed by atoms with Crippen LogP contribution in [0.2, 0.25) is 0 Å². The van der Waals surface area contributed by atoms with E-state index < -0.39 is 10.0 Å². The topological polar surface area (TPSA) is 92.4 Å². The van der Waals surface area contributed by atoms with Crippen molar-refractivity contribution in [2.75, 3.05) is 16.2 Å². The minimum atomic E-state index is -3.33. The summed E-state index contributed by atoms with van der Waals surface area (Å²) in [4.78, 5) is 0. The Labute approximate surface area is 89.0 Å². The quantitative estimate of drug-likeness (QED) is 0.534. The Morgan fingerprint density at radius 1 is 1.47 bits per heavy atom. The Morgan fingerprint density at radius 2 is 2.13 bits per heavy atom. The number of hydrogen-bond donors (Lipinski definition) is 3. The van der Waals surface area contributed by atoms with Crippen molar-refractivity contribution in [2.24, 2.45) is 0 Å². The molecule has 0 aliphatic carbocycles. The highest BCUT2D eigenvalue weighted by Gasteiger charge is 2.10. The second-order valence-corrected chi connectivity index (χ2v) is 5.03. The smallest absolute Gasteiger partial charge is 0.232 e. The normalized spacial score (nSPS) is 11.3. The number of nitrogens with two attached hydrogens (primary N) is 1. The first-order valence-electron chi connectivity index (χ1n) is 4.53. The van der Waals surface area contributed by atoms with E-state index in [-0.39, 0.29) is 17.2 Å². The second-order valence-electron chi connectivity index (χ2n) is 3.19. The number of hydrogen-bond acceptors (Lipinski definition) is 4. The highest BCUT2D eigenvalue weighted by molar-refractivity contribution is 7.92. The lowest BCUT2D eigenvalue weighted by Crippen LogP contribution is -2.16. The molecule has 4 N–H and O–H groups in total. The van der Waals surface area contributed by atoms with Crippen molar-refractivity contribution >= 4 is 21.4 Å². The molecule has 6 heteroatoms. The Hall–Kier alpha value is -1.43. The maximum Gasteiger partial charge on any atom is 0.232 e. The fourth-order valence-corrected chi connectivity index (χ4v) is 2.29. The number of nitrogen functional groups attached to an aromatic ring is 1. The molecule has 0 atom stereocenters. The van der Waals surface area contributed by atoms with Crippen molar-refractivity contribution in [1.82, 2.24) is 0 Å². The molecular formula is C9H14N2O3S. The maximum atomic E-state index is 11.4. The summed E-state index contributed by atoms with van der Waals surface area (Å²) in [6.07, 6.45) is 0.535. The molecule has 0 amide bonds. The summed E-state index contributed by atoms with van der Waals surface area (Å²) in [5, 5.41) is 9.08. The zero-order chi connectivity index (χ0) is 11.5. The fraction of sp³-hybridized carbons (Fsp3) is 0.333. The van der Waals surface area contributed by atoms with E-state index in [2.05, 4.69) is 4.72 Å². The van der Waals surface area contributed by atoms with Crippen LogP contribution in [0.15, 0.2) is 18.2 Å². The number of sulfonamides is 1. The van der Waals surface area contributed by atoms with Gasteiger partial charge in [-0.25, -0.2) is 8.42 Å². The lowest BCUT2D eigenvalue weighted by molar-refractivity contribution is 0.475. The first-order chi connectivity index (χ1) is 6.94. The first kappa shape index (κ1) is 11.6. The summed E-state index contributed by atoms with van der Waals surface area (Å²) >= 11 is 0. The SMILES string of the molecule is CCCS(=O)(=O)Nc1ccc(O)cc1N. The molecule has 0 aliphatic heterocycles. The number of aromatic hydroxyl groups is 1. The van der Waals surface area contributed by atoms with Crippen molar-refractivity contribution in [3.05, 3.63) is 18.2 Å². The van der Waals surface area contributed by atoms with Gasteiger partial charge in [0.25, 0.3) is 0 Å². The molecule has 1 rings (SSSR count). The molecule has 1 aromatic rings. The van der Waals surface area contributed by atoms with E-state index in [4.69, 9.17) is 10.8 Å². The van der Waals surface area contributed by atoms with Gasteiger partial charge in [-0.3, -0.25) is 4.72 Å². The molecule has 1 aromatic carbocycles. The van der Waals surface area contributed by atoms with Gasteiger partial charge in [0.2, 0.25) is 10.0 Å². The van der Waals surface area contributed by atoms with E-state index >= 15 is 0 Å². The molecule has 0 saturated carbocycles. The Bertz CT molecular complexity index is 443. The summed E-state index contributed by atoms with van der Waals surface area (Å²) in [5.41, 5.74) is 6.03. The van der Waals surface area contributed by atoms with E-state index in [1.165, 1.54) is 18.2 Å². The lowest BCUT2D eigenvalue weighted by Gasteiger charge is -2.09. The monoisotopic (exact) mass is 230 g/mol. The molecule has 0 saturated heterocycles. The fourth-order valence-electron chi connectivity index (χ4n) is 1.13. The molecule has 0 bridgehead atoms. The molecule has 0 aliphatic rings. The number of benzene rings is 1. The van der Waals surface area contributed by atoms with Crippen LogP contribution in [0.25, 0.3) is 0 Å². The first-order valence-corrected chi connectivity index (χ1v) is 6.19. The number of phenolic OH excluding ortho intramolecular Hbond substituents is 1. The lowest BCUT2D eigenvalue weighted by atomic mass is 10.2. The van der Waals surface area contributed by atoms with E-state index in [0.29, 0.717) is 12.1 Å². The molecule has 0 heterocycles. The third kappa shape index (κ3) is 3.32. The zero-order valence-corrected chi connectivity index (χ0v) is 9.21. The minimum Gasteiger partial charge on any atom is -0.508 e. The Balaban J connectivity index is 2.90. The van der Waals surface area contributed by atoms with Gasteiger partial charge in [-0.15, -0.1) is 0 Å². The molecule has 0 unspecified atom stereocenters. The Kier molecular flexibility index (Phi) is 3.41. The van der Waals surface area contributed by atoms with Gasteiger partial charge < -0.3 is 10.8 Å². The van der Waals surface area contributed by atoms with Gasteiger partial charge in [0, 0.05) is 6.07 Å². The van der Waals surface area contributed by atoms with Crippen molar-refractivity contribution < 1.29 is 13.5 Å². The highest BCUT2D eigenvalue weighted by atomic mass is 32.2. The molecular weight excluding hydrogens is 216 g/mol. The number of nitrogens with one attached hydrogen (secondary N) is 1. The predicted octanol–water partition coefficient (Wildman–Crippen LogP) is 1.13. The average molecular weight is 230 g/mol. The van der Waals surface area contributed by atoms with Crippen molar-refractivity contribution in [2.45, 2.75) is 13.3 Å². The molecule has 0 spiro atoms. The van der Waals surface area contributed by atoms with Gasteiger partial charge in [0.15, 0.2) is 0 Å². The molecule has 5 nitrogen and oxygen atoms in total. The maximum absolute atomic E-state index is 11.4. The van der Waals surface area contributed by atoms with E-state index in [9.17, 15) is 8.42 Å². The Morgan fingerprint density at radius 3 is 2.67 bits per heavy atom. The van der Waals surface area contributed by atoms with Crippen LogP contribution in [-0.4, -0.2) is 19.3 Å². The average Bonchev–Trinajstić information content (AvgIpc) is 2.09. The van der Waals surface area contributed by atoms with Gasteiger partial charge in [0.05, 0.1) is 17.1 Å². The summed E-state index contributed by atoms with van der Waals surface area (Å²) in [6, 6.07) is 4.10. The third-order valence-corrected chi connectivity index (χ3v) is 3.25. The summed E-state index contributed by atoms with van der Waals surface area (Å²) in [6.45, 7) is 1.78. The largest absolute Gasteiger partial charge is 0.508 e. The van der Waals surface area contributed by atoms with Crippen LogP contribution < -0.4 is 10.5 Å². The van der Waals surface area contributed by atoms with Gasteiger partial charge in [0.1, 0.15) is 5.75 Å². The number of phenols is 1. The van der Waals surface area contributed by atoms with E-state index in [0.717, 1.165) is 0 Å². The zero-order valence-electron chi connectivity index (χ0n) is 8.40. The number of rotatable bonds is 4. The van der Waals surface area contributed by atoms with Crippen LogP contribution in [0.4, 0.5) is 11.4 Å². The highest BCUT2D eigenvalue weighted by Crippen LogP contribution is 2.24. The van der Waals surface area contributed by atoms with E-state index in [1.54, 1.807) is 6.92 Å². The van der Waals surface area contributed by atoms with Crippen molar-refractivity contribution in [1.29, 1.82) is 0 Å². The summed E-state index contributed by atoms with van der Waals surface area (Å²) in [7, 11) is -3.33.